The maximum Gasteiger partial charge on any atom is 0.257 e. The third-order valence-corrected chi connectivity index (χ3v) is 3.50. The highest BCUT2D eigenvalue weighted by Crippen LogP contribution is 2.21. The Morgan fingerprint density at radius 3 is 2.55 bits per heavy atom. The van der Waals surface area contributed by atoms with E-state index < -0.39 is 0 Å². The van der Waals surface area contributed by atoms with Crippen LogP contribution in [0.5, 0.6) is 5.75 Å². The molecule has 0 aliphatic carbocycles. The highest BCUT2D eigenvalue weighted by atomic mass is 35.5. The smallest absolute Gasteiger partial charge is 0.257 e. The second-order valence-electron chi connectivity index (χ2n) is 4.58. The number of nitrogens with one attached hydrogen (secondary N) is 1. The number of amides is 1. The van der Waals surface area contributed by atoms with Crippen molar-refractivity contribution in [1.29, 1.82) is 0 Å². The van der Waals surface area contributed by atoms with Crippen molar-refractivity contribution >= 4 is 29.1 Å². The first-order valence-electron chi connectivity index (χ1n) is 6.63. The van der Waals surface area contributed by atoms with Gasteiger partial charge in [-0.2, -0.15) is 0 Å². The summed E-state index contributed by atoms with van der Waals surface area (Å²) in [5.74, 6) is -0.164. The fraction of sp³-hybridized carbons (Fsp3) is 0.188. The molecule has 0 spiro atoms. The molecular weight excluding hydrogens is 328 g/mol. The van der Waals surface area contributed by atoms with Gasteiger partial charge in [-0.1, -0.05) is 29.3 Å². The van der Waals surface area contributed by atoms with E-state index in [1.165, 1.54) is 24.3 Å². The molecule has 0 unspecified atom stereocenters. The minimum absolute atomic E-state index is 0.125. The molecule has 0 radical (unpaired) electrons. The van der Waals surface area contributed by atoms with E-state index >= 15 is 0 Å². The van der Waals surface area contributed by atoms with Crippen molar-refractivity contribution in [2.24, 2.45) is 0 Å². The third kappa shape index (κ3) is 5.20. The van der Waals surface area contributed by atoms with Gasteiger partial charge in [-0.25, -0.2) is 4.39 Å². The zero-order valence-electron chi connectivity index (χ0n) is 11.6. The normalized spacial score (nSPS) is 10.3. The van der Waals surface area contributed by atoms with Gasteiger partial charge in [-0.05, 0) is 48.4 Å². The predicted molar refractivity (Wildman–Crippen MR) is 85.1 cm³/mol. The van der Waals surface area contributed by atoms with E-state index in [4.69, 9.17) is 27.9 Å². The van der Waals surface area contributed by atoms with Crippen molar-refractivity contribution in [3.8, 4) is 5.75 Å². The maximum atomic E-state index is 12.7. The minimum Gasteiger partial charge on any atom is -0.484 e. The van der Waals surface area contributed by atoms with Crippen LogP contribution < -0.4 is 10.1 Å². The first-order chi connectivity index (χ1) is 10.5. The predicted octanol–water partition coefficient (Wildman–Crippen LogP) is 3.87. The van der Waals surface area contributed by atoms with Gasteiger partial charge in [0.25, 0.3) is 5.91 Å². The lowest BCUT2D eigenvalue weighted by Gasteiger charge is -2.08. The van der Waals surface area contributed by atoms with Crippen LogP contribution in [0, 0.1) is 5.82 Å². The first-order valence-corrected chi connectivity index (χ1v) is 7.39. The van der Waals surface area contributed by atoms with Crippen molar-refractivity contribution in [1.82, 2.24) is 5.32 Å². The minimum atomic E-state index is -0.350. The van der Waals surface area contributed by atoms with Crippen LogP contribution in [0.15, 0.2) is 42.5 Å². The van der Waals surface area contributed by atoms with Crippen LogP contribution in [0.2, 0.25) is 10.0 Å². The van der Waals surface area contributed by atoms with Gasteiger partial charge >= 0.3 is 0 Å². The van der Waals surface area contributed by atoms with Gasteiger partial charge in [0.15, 0.2) is 6.61 Å². The molecule has 1 amide bonds. The zero-order chi connectivity index (χ0) is 15.9. The fourth-order valence-electron chi connectivity index (χ4n) is 1.79. The highest BCUT2D eigenvalue weighted by Gasteiger charge is 2.05. The molecule has 0 fully saturated rings. The van der Waals surface area contributed by atoms with E-state index in [9.17, 15) is 9.18 Å². The number of hydrogen-bond acceptors (Lipinski definition) is 2. The van der Waals surface area contributed by atoms with Crippen LogP contribution in [0.25, 0.3) is 0 Å². The SMILES string of the molecule is O=C(COc1ccc(F)cc1)NCCc1ccc(Cl)cc1Cl. The lowest BCUT2D eigenvalue weighted by Crippen LogP contribution is -2.30. The number of hydrogen-bond donors (Lipinski definition) is 1. The molecule has 3 nitrogen and oxygen atoms in total. The lowest BCUT2D eigenvalue weighted by molar-refractivity contribution is -0.123. The summed E-state index contributed by atoms with van der Waals surface area (Å²) in [6, 6.07) is 10.7. The molecular formula is C16H14Cl2FNO2. The standard InChI is InChI=1S/C16H14Cl2FNO2/c17-12-2-1-11(15(18)9-12)7-8-20-16(21)10-22-14-5-3-13(19)4-6-14/h1-6,9H,7-8,10H2,(H,20,21). The van der Waals surface area contributed by atoms with Crippen molar-refractivity contribution in [3.63, 3.8) is 0 Å². The van der Waals surface area contributed by atoms with E-state index in [0.29, 0.717) is 28.8 Å². The molecule has 0 saturated carbocycles. The summed E-state index contributed by atoms with van der Waals surface area (Å²) in [7, 11) is 0. The molecule has 1 N–H and O–H groups in total. The monoisotopic (exact) mass is 341 g/mol. The molecule has 0 saturated heterocycles. The quantitative estimate of drug-likeness (QED) is 0.866. The largest absolute Gasteiger partial charge is 0.484 e. The van der Waals surface area contributed by atoms with Crippen LogP contribution in [-0.2, 0) is 11.2 Å². The van der Waals surface area contributed by atoms with Crippen molar-refractivity contribution < 1.29 is 13.9 Å². The van der Waals surface area contributed by atoms with Crippen LogP contribution in [-0.4, -0.2) is 19.1 Å². The summed E-state index contributed by atoms with van der Waals surface area (Å²) in [5.41, 5.74) is 0.908. The second-order valence-corrected chi connectivity index (χ2v) is 5.42. The van der Waals surface area contributed by atoms with Gasteiger partial charge in [-0.3, -0.25) is 4.79 Å². The third-order valence-electron chi connectivity index (χ3n) is 2.92. The Morgan fingerprint density at radius 1 is 1.14 bits per heavy atom. The summed E-state index contributed by atoms with van der Waals surface area (Å²) in [4.78, 5) is 11.6. The van der Waals surface area contributed by atoms with Crippen molar-refractivity contribution in [2.45, 2.75) is 6.42 Å². The average molecular weight is 342 g/mol. The molecule has 0 aromatic heterocycles. The van der Waals surface area contributed by atoms with E-state index in [2.05, 4.69) is 5.32 Å². The van der Waals surface area contributed by atoms with Crippen molar-refractivity contribution in [2.75, 3.05) is 13.2 Å². The number of rotatable bonds is 6. The Morgan fingerprint density at radius 2 is 1.86 bits per heavy atom. The van der Waals surface area contributed by atoms with E-state index in [0.717, 1.165) is 5.56 Å². The van der Waals surface area contributed by atoms with Gasteiger partial charge in [0.2, 0.25) is 0 Å². The van der Waals surface area contributed by atoms with Crippen LogP contribution in [0.3, 0.4) is 0 Å². The number of carbonyl (C=O) groups is 1. The Hall–Kier alpha value is -1.78. The molecule has 0 aliphatic heterocycles. The first kappa shape index (κ1) is 16.6. The molecule has 116 valence electrons. The van der Waals surface area contributed by atoms with Gasteiger partial charge in [0, 0.05) is 16.6 Å². The Balaban J connectivity index is 1.72. The maximum absolute atomic E-state index is 12.7. The topological polar surface area (TPSA) is 38.3 Å². The second kappa shape index (κ2) is 8.01. The number of benzene rings is 2. The number of ether oxygens (including phenoxy) is 1. The summed E-state index contributed by atoms with van der Waals surface area (Å²) >= 11 is 11.9. The molecule has 2 aromatic rings. The summed E-state index contributed by atoms with van der Waals surface area (Å²) in [6.07, 6.45) is 0.596. The summed E-state index contributed by atoms with van der Waals surface area (Å²) < 4.78 is 18.0. The molecule has 0 atom stereocenters. The number of halogens is 3. The van der Waals surface area contributed by atoms with Gasteiger partial charge in [0.1, 0.15) is 11.6 Å². The molecule has 0 aliphatic rings. The zero-order valence-corrected chi connectivity index (χ0v) is 13.1. The molecule has 6 heteroatoms. The Kier molecular flexibility index (Phi) is 6.04. The Bertz CT molecular complexity index is 647. The van der Waals surface area contributed by atoms with Crippen molar-refractivity contribution in [3.05, 3.63) is 63.9 Å². The van der Waals surface area contributed by atoms with Crippen LogP contribution in [0.4, 0.5) is 4.39 Å². The highest BCUT2D eigenvalue weighted by molar-refractivity contribution is 6.35. The van der Waals surface area contributed by atoms with Gasteiger partial charge < -0.3 is 10.1 Å². The van der Waals surface area contributed by atoms with Crippen LogP contribution in [0.1, 0.15) is 5.56 Å². The van der Waals surface area contributed by atoms with Gasteiger partial charge in [0.05, 0.1) is 0 Å². The molecule has 2 rings (SSSR count). The van der Waals surface area contributed by atoms with E-state index in [1.54, 1.807) is 12.1 Å². The molecule has 22 heavy (non-hydrogen) atoms. The fourth-order valence-corrected chi connectivity index (χ4v) is 2.29. The molecule has 0 heterocycles. The molecule has 2 aromatic carbocycles. The summed E-state index contributed by atoms with van der Waals surface area (Å²) in [5, 5.41) is 3.87. The average Bonchev–Trinajstić information content (AvgIpc) is 2.49. The van der Waals surface area contributed by atoms with Gasteiger partial charge in [-0.15, -0.1) is 0 Å². The Labute approximate surface area is 138 Å². The number of carbonyl (C=O) groups excluding carboxylic acids is 1. The van der Waals surface area contributed by atoms with E-state index in [-0.39, 0.29) is 18.3 Å². The lowest BCUT2D eigenvalue weighted by atomic mass is 10.1. The summed E-state index contributed by atoms with van der Waals surface area (Å²) in [6.45, 7) is 0.312. The van der Waals surface area contributed by atoms with Crippen LogP contribution >= 0.6 is 23.2 Å². The van der Waals surface area contributed by atoms with E-state index in [1.807, 2.05) is 6.07 Å². The molecule has 0 bridgehead atoms.